The van der Waals surface area contributed by atoms with Crippen LogP contribution in [0.25, 0.3) is 5.69 Å². The van der Waals surface area contributed by atoms with E-state index in [1.165, 1.54) is 12.8 Å². The number of nitrogens with zero attached hydrogens (tertiary/aromatic N) is 5. The first-order chi connectivity index (χ1) is 13.1. The van der Waals surface area contributed by atoms with Crippen LogP contribution in [0.1, 0.15) is 24.1 Å². The van der Waals surface area contributed by atoms with Gasteiger partial charge in [-0.1, -0.05) is 18.2 Å². The summed E-state index contributed by atoms with van der Waals surface area (Å²) in [7, 11) is 1.96. The van der Waals surface area contributed by atoms with Crippen LogP contribution in [0.3, 0.4) is 0 Å². The van der Waals surface area contributed by atoms with E-state index in [-0.39, 0.29) is 5.56 Å². The summed E-state index contributed by atoms with van der Waals surface area (Å²) in [6, 6.07) is 9.86. The first-order valence-corrected chi connectivity index (χ1v) is 9.64. The minimum absolute atomic E-state index is 0.0953. The molecule has 1 atom stereocenters. The van der Waals surface area contributed by atoms with Crippen LogP contribution in [-0.4, -0.2) is 36.9 Å². The Bertz CT molecular complexity index is 939. The lowest BCUT2D eigenvalue weighted by molar-refractivity contribution is 0.155. The van der Waals surface area contributed by atoms with Crippen molar-refractivity contribution in [2.45, 2.75) is 32.9 Å². The van der Waals surface area contributed by atoms with Gasteiger partial charge < -0.3 is 4.57 Å². The molecule has 3 aromatic rings. The van der Waals surface area contributed by atoms with Gasteiger partial charge in [0, 0.05) is 44.8 Å². The molecule has 0 saturated carbocycles. The van der Waals surface area contributed by atoms with Gasteiger partial charge in [-0.05, 0) is 44.4 Å². The molecule has 2 aromatic heterocycles. The molecule has 0 aliphatic carbocycles. The SMILES string of the molecule is Cc1c(CN2CCCC(Cn3ccnc3)C2)c(=O)n(-c2ccccc2)n1C. The molecule has 1 unspecified atom stereocenters. The van der Waals surface area contributed by atoms with Crippen molar-refractivity contribution in [3.8, 4) is 5.69 Å². The predicted octanol–water partition coefficient (Wildman–Crippen LogP) is 2.59. The highest BCUT2D eigenvalue weighted by molar-refractivity contribution is 5.33. The highest BCUT2D eigenvalue weighted by Crippen LogP contribution is 2.21. The molecule has 4 rings (SSSR count). The van der Waals surface area contributed by atoms with Crippen LogP contribution in [0.4, 0.5) is 0 Å². The zero-order valence-corrected chi connectivity index (χ0v) is 16.1. The van der Waals surface area contributed by atoms with Crippen LogP contribution in [-0.2, 0) is 20.1 Å². The second-order valence-corrected chi connectivity index (χ2v) is 7.54. The van der Waals surface area contributed by atoms with Crippen molar-refractivity contribution in [2.75, 3.05) is 13.1 Å². The number of hydrogen-bond acceptors (Lipinski definition) is 3. The third-order valence-electron chi connectivity index (χ3n) is 5.69. The Kier molecular flexibility index (Phi) is 4.99. The molecule has 0 spiro atoms. The van der Waals surface area contributed by atoms with E-state index in [1.54, 1.807) is 4.68 Å². The number of benzene rings is 1. The van der Waals surface area contributed by atoms with Gasteiger partial charge in [-0.3, -0.25) is 14.4 Å². The Balaban J connectivity index is 1.53. The van der Waals surface area contributed by atoms with Crippen LogP contribution < -0.4 is 5.56 Å². The molecule has 0 N–H and O–H groups in total. The summed E-state index contributed by atoms with van der Waals surface area (Å²) in [5.74, 6) is 0.605. The third kappa shape index (κ3) is 3.62. The van der Waals surface area contributed by atoms with Crippen molar-refractivity contribution in [1.29, 1.82) is 0 Å². The van der Waals surface area contributed by atoms with Crippen molar-refractivity contribution in [1.82, 2.24) is 23.8 Å². The highest BCUT2D eigenvalue weighted by atomic mass is 16.1. The molecule has 0 bridgehead atoms. The van der Waals surface area contributed by atoms with Crippen molar-refractivity contribution < 1.29 is 0 Å². The Morgan fingerprint density at radius 3 is 2.78 bits per heavy atom. The number of para-hydroxylation sites is 1. The normalized spacial score (nSPS) is 18.1. The van der Waals surface area contributed by atoms with Crippen molar-refractivity contribution in [2.24, 2.45) is 13.0 Å². The van der Waals surface area contributed by atoms with E-state index in [0.717, 1.165) is 43.1 Å². The second-order valence-electron chi connectivity index (χ2n) is 7.54. The summed E-state index contributed by atoms with van der Waals surface area (Å²) >= 11 is 0. The number of hydrogen-bond donors (Lipinski definition) is 0. The molecule has 1 saturated heterocycles. The van der Waals surface area contributed by atoms with Gasteiger partial charge in [0.2, 0.25) is 0 Å². The summed E-state index contributed by atoms with van der Waals surface area (Å²) < 4.78 is 5.90. The molecule has 6 nitrogen and oxygen atoms in total. The van der Waals surface area contributed by atoms with Gasteiger partial charge in [-0.2, -0.15) is 0 Å². The number of likely N-dealkylation sites (tertiary alicyclic amines) is 1. The Hall–Kier alpha value is -2.60. The molecule has 1 aromatic carbocycles. The fourth-order valence-corrected chi connectivity index (χ4v) is 4.17. The monoisotopic (exact) mass is 365 g/mol. The minimum atomic E-state index is 0.0953. The van der Waals surface area contributed by atoms with Gasteiger partial charge in [0.25, 0.3) is 5.56 Å². The Morgan fingerprint density at radius 1 is 1.22 bits per heavy atom. The lowest BCUT2D eigenvalue weighted by Crippen LogP contribution is -2.37. The molecule has 0 radical (unpaired) electrons. The van der Waals surface area contributed by atoms with E-state index in [2.05, 4.69) is 14.5 Å². The standard InChI is InChI=1S/C21H27N5O/c1-17-20(21(27)26(23(17)2)19-8-4-3-5-9-19)15-24-11-6-7-18(13-24)14-25-12-10-22-16-25/h3-5,8-10,12,16,18H,6-7,11,13-15H2,1-2H3. The maximum Gasteiger partial charge on any atom is 0.276 e. The maximum absolute atomic E-state index is 13.1. The van der Waals surface area contributed by atoms with Crippen molar-refractivity contribution in [3.63, 3.8) is 0 Å². The lowest BCUT2D eigenvalue weighted by atomic mass is 9.97. The van der Waals surface area contributed by atoms with Gasteiger partial charge >= 0.3 is 0 Å². The highest BCUT2D eigenvalue weighted by Gasteiger charge is 2.24. The van der Waals surface area contributed by atoms with Crippen LogP contribution in [0.5, 0.6) is 0 Å². The fraction of sp³-hybridized carbons (Fsp3) is 0.429. The number of piperidine rings is 1. The molecule has 6 heteroatoms. The first kappa shape index (κ1) is 17.8. The van der Waals surface area contributed by atoms with E-state index < -0.39 is 0 Å². The molecule has 1 aliphatic heterocycles. The molecular weight excluding hydrogens is 338 g/mol. The summed E-state index contributed by atoms with van der Waals surface area (Å²) in [6.45, 7) is 5.84. The summed E-state index contributed by atoms with van der Waals surface area (Å²) in [6.07, 6.45) is 8.16. The number of aromatic nitrogens is 4. The largest absolute Gasteiger partial charge is 0.337 e. The van der Waals surface area contributed by atoms with Crippen molar-refractivity contribution >= 4 is 0 Å². The summed E-state index contributed by atoms with van der Waals surface area (Å²) in [5.41, 5.74) is 2.96. The molecule has 142 valence electrons. The Labute approximate surface area is 159 Å². The fourth-order valence-electron chi connectivity index (χ4n) is 4.17. The topological polar surface area (TPSA) is 48.0 Å². The lowest BCUT2D eigenvalue weighted by Gasteiger charge is -2.32. The quantitative estimate of drug-likeness (QED) is 0.698. The third-order valence-corrected chi connectivity index (χ3v) is 5.69. The maximum atomic E-state index is 13.1. The number of imidazole rings is 1. The number of rotatable bonds is 5. The molecular formula is C21H27N5O. The van der Waals surface area contributed by atoms with Gasteiger partial charge in [0.15, 0.2) is 0 Å². The van der Waals surface area contributed by atoms with Crippen LogP contribution in [0, 0.1) is 12.8 Å². The van der Waals surface area contributed by atoms with Crippen LogP contribution in [0.15, 0.2) is 53.8 Å². The summed E-state index contributed by atoms with van der Waals surface area (Å²) in [5, 5.41) is 0. The van der Waals surface area contributed by atoms with Gasteiger partial charge in [0.1, 0.15) is 0 Å². The molecule has 1 fully saturated rings. The van der Waals surface area contributed by atoms with E-state index in [9.17, 15) is 4.79 Å². The molecule has 0 amide bonds. The smallest absolute Gasteiger partial charge is 0.276 e. The van der Waals surface area contributed by atoms with E-state index in [1.807, 2.05) is 67.7 Å². The van der Waals surface area contributed by atoms with Gasteiger partial charge in [-0.25, -0.2) is 9.67 Å². The minimum Gasteiger partial charge on any atom is -0.337 e. The zero-order chi connectivity index (χ0) is 18.8. The van der Waals surface area contributed by atoms with Crippen LogP contribution >= 0.6 is 0 Å². The average Bonchev–Trinajstić information content (AvgIpc) is 3.26. The van der Waals surface area contributed by atoms with E-state index in [0.29, 0.717) is 5.92 Å². The van der Waals surface area contributed by atoms with E-state index in [4.69, 9.17) is 0 Å². The van der Waals surface area contributed by atoms with Crippen molar-refractivity contribution in [3.05, 3.63) is 70.7 Å². The second kappa shape index (κ2) is 7.56. The van der Waals surface area contributed by atoms with Gasteiger partial charge in [-0.15, -0.1) is 0 Å². The molecule has 3 heterocycles. The molecule has 27 heavy (non-hydrogen) atoms. The molecule has 1 aliphatic rings. The van der Waals surface area contributed by atoms with Gasteiger partial charge in [0.05, 0.1) is 17.6 Å². The first-order valence-electron chi connectivity index (χ1n) is 9.64. The van der Waals surface area contributed by atoms with Crippen LogP contribution in [0.2, 0.25) is 0 Å². The summed E-state index contributed by atoms with van der Waals surface area (Å²) in [4.78, 5) is 19.7. The Morgan fingerprint density at radius 2 is 2.04 bits per heavy atom. The zero-order valence-electron chi connectivity index (χ0n) is 16.1. The average molecular weight is 365 g/mol. The predicted molar refractivity (Wildman–Crippen MR) is 106 cm³/mol. The van der Waals surface area contributed by atoms with E-state index >= 15 is 0 Å².